The van der Waals surface area contributed by atoms with Gasteiger partial charge in [0.05, 0.1) is 17.3 Å². The highest BCUT2D eigenvalue weighted by Crippen LogP contribution is 2.22. The first-order valence-electron chi connectivity index (χ1n) is 5.62. The van der Waals surface area contributed by atoms with Crippen LogP contribution >= 0.6 is 11.3 Å². The van der Waals surface area contributed by atoms with Crippen molar-refractivity contribution in [3.05, 3.63) is 11.2 Å². The molecule has 1 aliphatic carbocycles. The van der Waals surface area contributed by atoms with Crippen LogP contribution in [0.3, 0.4) is 0 Å². The molecule has 0 saturated heterocycles. The molecular weight excluding hydrogens is 260 g/mol. The van der Waals surface area contributed by atoms with Crippen LogP contribution in [-0.2, 0) is 10.0 Å². The van der Waals surface area contributed by atoms with E-state index in [2.05, 4.69) is 9.71 Å². The van der Waals surface area contributed by atoms with E-state index in [0.29, 0.717) is 12.8 Å². The molecule has 1 aliphatic rings. The summed E-state index contributed by atoms with van der Waals surface area (Å²) in [6.07, 6.45) is 4.04. The molecule has 0 bridgehead atoms. The van der Waals surface area contributed by atoms with Crippen LogP contribution < -0.4 is 4.72 Å². The normalized spacial score (nSPS) is 26.0. The van der Waals surface area contributed by atoms with E-state index in [0.717, 1.165) is 29.2 Å². The molecule has 5 nitrogen and oxygen atoms in total. The Balaban J connectivity index is 2.11. The minimum atomic E-state index is -3.53. The minimum absolute atomic E-state index is 0.216. The monoisotopic (exact) mass is 276 g/mol. The van der Waals surface area contributed by atoms with Crippen LogP contribution in [0.15, 0.2) is 10.4 Å². The molecule has 2 rings (SSSR count). The van der Waals surface area contributed by atoms with Crippen molar-refractivity contribution in [1.82, 2.24) is 9.71 Å². The van der Waals surface area contributed by atoms with Crippen molar-refractivity contribution in [2.45, 2.75) is 49.0 Å². The largest absolute Gasteiger partial charge is 0.391 e. The van der Waals surface area contributed by atoms with Gasteiger partial charge in [-0.2, -0.15) is 0 Å². The molecule has 1 fully saturated rings. The first-order chi connectivity index (χ1) is 7.99. The second-order valence-corrected chi connectivity index (χ2v) is 7.45. The molecule has 2 N–H and O–H groups in total. The Morgan fingerprint density at radius 3 is 2.76 bits per heavy atom. The third kappa shape index (κ3) is 3.04. The molecule has 1 heterocycles. The third-order valence-electron chi connectivity index (χ3n) is 2.90. The molecule has 2 atom stereocenters. The van der Waals surface area contributed by atoms with Gasteiger partial charge < -0.3 is 5.11 Å². The molecular formula is C10H16N2O3S2. The van der Waals surface area contributed by atoms with Crippen LogP contribution in [0.1, 0.15) is 30.7 Å². The minimum Gasteiger partial charge on any atom is -0.391 e. The van der Waals surface area contributed by atoms with E-state index in [9.17, 15) is 13.5 Å². The summed E-state index contributed by atoms with van der Waals surface area (Å²) in [4.78, 5) is 3.93. The van der Waals surface area contributed by atoms with Crippen LogP contribution in [0.2, 0.25) is 0 Å². The van der Waals surface area contributed by atoms with Gasteiger partial charge in [-0.1, -0.05) is 12.8 Å². The van der Waals surface area contributed by atoms with E-state index in [1.807, 2.05) is 0 Å². The molecule has 0 aromatic carbocycles. The van der Waals surface area contributed by atoms with Crippen LogP contribution in [0.25, 0.3) is 0 Å². The second kappa shape index (κ2) is 5.01. The van der Waals surface area contributed by atoms with Crippen LogP contribution in [-0.4, -0.2) is 30.7 Å². The van der Waals surface area contributed by atoms with E-state index in [-0.39, 0.29) is 10.3 Å². The highest BCUT2D eigenvalue weighted by atomic mass is 32.2. The molecule has 1 aromatic rings. The van der Waals surface area contributed by atoms with Gasteiger partial charge in [0.1, 0.15) is 0 Å². The lowest BCUT2D eigenvalue weighted by atomic mass is 9.93. The van der Waals surface area contributed by atoms with E-state index in [1.54, 1.807) is 6.92 Å². The summed E-state index contributed by atoms with van der Waals surface area (Å²) in [5.74, 6) is 0. The summed E-state index contributed by atoms with van der Waals surface area (Å²) in [5, 5.41) is 10.5. The number of sulfonamides is 1. The van der Waals surface area contributed by atoms with Crippen molar-refractivity contribution < 1.29 is 13.5 Å². The molecule has 96 valence electrons. The number of thiazole rings is 1. The number of aliphatic hydroxyl groups excluding tert-OH is 1. The molecule has 0 radical (unpaired) electrons. The number of rotatable bonds is 3. The van der Waals surface area contributed by atoms with Crippen molar-refractivity contribution in [2.75, 3.05) is 0 Å². The molecule has 0 amide bonds. The van der Waals surface area contributed by atoms with Crippen molar-refractivity contribution in [2.24, 2.45) is 0 Å². The zero-order valence-electron chi connectivity index (χ0n) is 9.59. The van der Waals surface area contributed by atoms with Crippen LogP contribution in [0, 0.1) is 6.92 Å². The highest BCUT2D eigenvalue weighted by molar-refractivity contribution is 7.91. The van der Waals surface area contributed by atoms with E-state index in [4.69, 9.17) is 0 Å². The molecule has 0 spiro atoms. The first kappa shape index (κ1) is 12.9. The lowest BCUT2D eigenvalue weighted by molar-refractivity contribution is 0.101. The van der Waals surface area contributed by atoms with Gasteiger partial charge in [-0.3, -0.25) is 0 Å². The number of aryl methyl sites for hydroxylation is 1. The van der Waals surface area contributed by atoms with Crippen molar-refractivity contribution in [3.8, 4) is 0 Å². The SMILES string of the molecule is Cc1ncc(S(=O)(=O)N[C@@H]2CCCC[C@H]2O)s1. The fourth-order valence-corrected chi connectivity index (χ4v) is 4.40. The number of nitrogens with zero attached hydrogens (tertiary/aromatic N) is 1. The molecule has 17 heavy (non-hydrogen) atoms. The Morgan fingerprint density at radius 1 is 1.47 bits per heavy atom. The summed E-state index contributed by atoms with van der Waals surface area (Å²) in [6, 6.07) is -0.365. The van der Waals surface area contributed by atoms with Crippen molar-refractivity contribution in [3.63, 3.8) is 0 Å². The fraction of sp³-hybridized carbons (Fsp3) is 0.700. The number of nitrogens with one attached hydrogen (secondary N) is 1. The number of aliphatic hydroxyl groups is 1. The molecule has 1 saturated carbocycles. The lowest BCUT2D eigenvalue weighted by Gasteiger charge is -2.27. The Labute approximate surface area is 105 Å². The lowest BCUT2D eigenvalue weighted by Crippen LogP contribution is -2.44. The summed E-state index contributed by atoms with van der Waals surface area (Å²) in [5.41, 5.74) is 0. The van der Waals surface area contributed by atoms with Gasteiger partial charge in [0.15, 0.2) is 4.21 Å². The highest BCUT2D eigenvalue weighted by Gasteiger charge is 2.28. The Hall–Kier alpha value is -0.500. The number of hydrogen-bond acceptors (Lipinski definition) is 5. The van der Waals surface area contributed by atoms with Gasteiger partial charge in [-0.15, -0.1) is 11.3 Å². The number of hydrogen-bond donors (Lipinski definition) is 2. The molecule has 1 aromatic heterocycles. The average molecular weight is 276 g/mol. The maximum Gasteiger partial charge on any atom is 0.252 e. The Morgan fingerprint density at radius 2 is 2.18 bits per heavy atom. The number of aromatic nitrogens is 1. The van der Waals surface area contributed by atoms with Gasteiger partial charge in [0.2, 0.25) is 0 Å². The van der Waals surface area contributed by atoms with Crippen molar-refractivity contribution >= 4 is 21.4 Å². The third-order valence-corrected chi connectivity index (χ3v) is 5.76. The predicted octanol–water partition coefficient (Wildman–Crippen LogP) is 1.03. The predicted molar refractivity (Wildman–Crippen MR) is 65.4 cm³/mol. The zero-order valence-corrected chi connectivity index (χ0v) is 11.2. The van der Waals surface area contributed by atoms with Gasteiger partial charge in [0, 0.05) is 6.04 Å². The maximum atomic E-state index is 12.0. The first-order valence-corrected chi connectivity index (χ1v) is 7.92. The summed E-state index contributed by atoms with van der Waals surface area (Å²) >= 11 is 1.14. The topological polar surface area (TPSA) is 79.3 Å². The zero-order chi connectivity index (χ0) is 12.5. The van der Waals surface area contributed by atoms with E-state index >= 15 is 0 Å². The molecule has 7 heteroatoms. The van der Waals surface area contributed by atoms with Gasteiger partial charge in [0.25, 0.3) is 10.0 Å². The average Bonchev–Trinajstić information content (AvgIpc) is 2.69. The maximum absolute atomic E-state index is 12.0. The van der Waals surface area contributed by atoms with Gasteiger partial charge in [-0.05, 0) is 19.8 Å². The van der Waals surface area contributed by atoms with Crippen LogP contribution in [0.5, 0.6) is 0 Å². The Kier molecular flexibility index (Phi) is 3.82. The van der Waals surface area contributed by atoms with Gasteiger partial charge >= 0.3 is 0 Å². The second-order valence-electron chi connectivity index (χ2n) is 4.28. The van der Waals surface area contributed by atoms with Crippen molar-refractivity contribution in [1.29, 1.82) is 0 Å². The molecule has 0 aliphatic heterocycles. The summed E-state index contributed by atoms with van der Waals surface area (Å²) < 4.78 is 26.8. The molecule has 0 unspecified atom stereocenters. The summed E-state index contributed by atoms with van der Waals surface area (Å²) in [6.45, 7) is 1.76. The smallest absolute Gasteiger partial charge is 0.252 e. The summed E-state index contributed by atoms with van der Waals surface area (Å²) in [7, 11) is -3.53. The van der Waals surface area contributed by atoms with E-state index < -0.39 is 16.1 Å². The quantitative estimate of drug-likeness (QED) is 0.864. The van der Waals surface area contributed by atoms with Gasteiger partial charge in [-0.25, -0.2) is 18.1 Å². The van der Waals surface area contributed by atoms with Crippen LogP contribution in [0.4, 0.5) is 0 Å². The standard InChI is InChI=1S/C10H16N2O3S2/c1-7-11-6-10(16-7)17(14,15)12-8-4-2-3-5-9(8)13/h6,8-9,12-13H,2-5H2,1H3/t8-,9-/m1/s1. The van der Waals surface area contributed by atoms with E-state index in [1.165, 1.54) is 6.20 Å². The fourth-order valence-electron chi connectivity index (χ4n) is 1.97. The Bertz CT molecular complexity index is 483.